The maximum Gasteiger partial charge on any atom is 0.239 e. The lowest BCUT2D eigenvalue weighted by Gasteiger charge is -2.38. The normalized spacial score (nSPS) is 16.3. The Balaban J connectivity index is 1.53. The van der Waals surface area contributed by atoms with Crippen LogP contribution in [-0.4, -0.2) is 55.0 Å². The summed E-state index contributed by atoms with van der Waals surface area (Å²) in [6.07, 6.45) is 0. The maximum atomic E-state index is 12.8. The zero-order valence-corrected chi connectivity index (χ0v) is 16.3. The number of hydrogen-bond donors (Lipinski definition) is 0. The molecular weight excluding hydrogens is 354 g/mol. The third-order valence-electron chi connectivity index (χ3n) is 4.77. The van der Waals surface area contributed by atoms with Crippen LogP contribution in [0.1, 0.15) is 11.8 Å². The van der Waals surface area contributed by atoms with E-state index in [9.17, 15) is 4.79 Å². The molecule has 0 saturated carbocycles. The van der Waals surface area contributed by atoms with E-state index in [4.69, 9.17) is 11.6 Å². The summed E-state index contributed by atoms with van der Waals surface area (Å²) in [5.74, 6) is 0.206. The molecule has 2 aromatic rings. The lowest BCUT2D eigenvalue weighted by atomic mass is 10.2. The van der Waals surface area contributed by atoms with Gasteiger partial charge in [-0.25, -0.2) is 0 Å². The van der Waals surface area contributed by atoms with Gasteiger partial charge in [0.1, 0.15) is 0 Å². The first-order valence-electron chi connectivity index (χ1n) is 8.58. The molecule has 0 aliphatic carbocycles. The molecule has 1 fully saturated rings. The molecule has 0 unspecified atom stereocenters. The minimum absolute atomic E-state index is 0.135. The van der Waals surface area contributed by atoms with E-state index in [0.717, 1.165) is 37.1 Å². The van der Waals surface area contributed by atoms with E-state index < -0.39 is 0 Å². The van der Waals surface area contributed by atoms with Gasteiger partial charge in [-0.2, -0.15) is 0 Å². The standard InChI is InChI=1S/C19H24ClN3OS/c1-15(21(2)14-17-8-9-18(20)25-17)19(24)23-12-10-22(11-13-23)16-6-4-3-5-7-16/h3-9,15H,10-14H2,1-2H3/t15-/m0/s1. The Hall–Kier alpha value is -1.56. The summed E-state index contributed by atoms with van der Waals surface area (Å²) < 4.78 is 0.791. The fourth-order valence-electron chi connectivity index (χ4n) is 3.10. The second-order valence-corrected chi connectivity index (χ2v) is 8.24. The lowest BCUT2D eigenvalue weighted by molar-refractivity contribution is -0.136. The molecule has 25 heavy (non-hydrogen) atoms. The minimum Gasteiger partial charge on any atom is -0.368 e. The molecule has 6 heteroatoms. The van der Waals surface area contributed by atoms with E-state index in [1.165, 1.54) is 10.6 Å². The van der Waals surface area contributed by atoms with Crippen LogP contribution in [-0.2, 0) is 11.3 Å². The van der Waals surface area contributed by atoms with Gasteiger partial charge < -0.3 is 9.80 Å². The van der Waals surface area contributed by atoms with Crippen molar-refractivity contribution in [2.75, 3.05) is 38.1 Å². The quantitative estimate of drug-likeness (QED) is 0.797. The molecule has 1 aromatic heterocycles. The first-order chi connectivity index (χ1) is 12.0. The van der Waals surface area contributed by atoms with Gasteiger partial charge in [-0.3, -0.25) is 9.69 Å². The first-order valence-corrected chi connectivity index (χ1v) is 9.77. The number of para-hydroxylation sites is 1. The predicted octanol–water partition coefficient (Wildman–Crippen LogP) is 3.57. The highest BCUT2D eigenvalue weighted by atomic mass is 35.5. The highest BCUT2D eigenvalue weighted by Crippen LogP contribution is 2.23. The largest absolute Gasteiger partial charge is 0.368 e. The Labute approximate surface area is 158 Å². The zero-order chi connectivity index (χ0) is 17.8. The van der Waals surface area contributed by atoms with Gasteiger partial charge in [0.2, 0.25) is 5.91 Å². The number of hydrogen-bond acceptors (Lipinski definition) is 4. The van der Waals surface area contributed by atoms with Crippen LogP contribution in [0.4, 0.5) is 5.69 Å². The Kier molecular flexibility index (Phi) is 5.99. The summed E-state index contributed by atoms with van der Waals surface area (Å²) in [6.45, 7) is 6.04. The van der Waals surface area contributed by atoms with Gasteiger partial charge in [-0.15, -0.1) is 11.3 Å². The van der Waals surface area contributed by atoms with Gasteiger partial charge in [-0.1, -0.05) is 29.8 Å². The number of thiophene rings is 1. The number of likely N-dealkylation sites (N-methyl/N-ethyl adjacent to an activating group) is 1. The van der Waals surface area contributed by atoms with Crippen LogP contribution >= 0.6 is 22.9 Å². The third-order valence-corrected chi connectivity index (χ3v) is 5.98. The number of carbonyl (C=O) groups excluding carboxylic acids is 1. The van der Waals surface area contributed by atoms with E-state index in [1.807, 2.05) is 37.1 Å². The Morgan fingerprint density at radius 1 is 1.16 bits per heavy atom. The number of carbonyl (C=O) groups is 1. The molecule has 1 atom stereocenters. The minimum atomic E-state index is -0.135. The highest BCUT2D eigenvalue weighted by Gasteiger charge is 2.27. The molecule has 0 spiro atoms. The van der Waals surface area contributed by atoms with Gasteiger partial charge in [0.25, 0.3) is 0 Å². The van der Waals surface area contributed by atoms with Crippen molar-refractivity contribution in [3.8, 4) is 0 Å². The van der Waals surface area contributed by atoms with Crippen LogP contribution in [0.15, 0.2) is 42.5 Å². The predicted molar refractivity (Wildman–Crippen MR) is 105 cm³/mol. The molecule has 0 bridgehead atoms. The van der Waals surface area contributed by atoms with Crippen LogP contribution < -0.4 is 4.90 Å². The van der Waals surface area contributed by atoms with Gasteiger partial charge in [0.05, 0.1) is 10.4 Å². The second-order valence-electron chi connectivity index (χ2n) is 6.44. The van der Waals surface area contributed by atoms with Crippen molar-refractivity contribution in [1.82, 2.24) is 9.80 Å². The molecule has 2 heterocycles. The van der Waals surface area contributed by atoms with E-state index in [-0.39, 0.29) is 11.9 Å². The van der Waals surface area contributed by atoms with Crippen LogP contribution in [0.3, 0.4) is 0 Å². The summed E-state index contributed by atoms with van der Waals surface area (Å²) in [5.41, 5.74) is 1.23. The number of anilines is 1. The van der Waals surface area contributed by atoms with Crippen molar-refractivity contribution in [3.05, 3.63) is 51.7 Å². The third kappa shape index (κ3) is 4.54. The molecule has 1 amide bonds. The monoisotopic (exact) mass is 377 g/mol. The number of halogens is 1. The molecule has 1 aliphatic heterocycles. The van der Waals surface area contributed by atoms with Crippen molar-refractivity contribution < 1.29 is 4.79 Å². The van der Waals surface area contributed by atoms with E-state index in [1.54, 1.807) is 11.3 Å². The van der Waals surface area contributed by atoms with Gasteiger partial charge in [0, 0.05) is 43.3 Å². The fourth-order valence-corrected chi connectivity index (χ4v) is 4.25. The number of piperazine rings is 1. The summed E-state index contributed by atoms with van der Waals surface area (Å²) in [7, 11) is 2.00. The maximum absolute atomic E-state index is 12.8. The lowest BCUT2D eigenvalue weighted by Crippen LogP contribution is -2.53. The highest BCUT2D eigenvalue weighted by molar-refractivity contribution is 7.16. The van der Waals surface area contributed by atoms with Gasteiger partial charge in [-0.05, 0) is 38.2 Å². The molecule has 4 nitrogen and oxygen atoms in total. The molecule has 0 N–H and O–H groups in total. The smallest absolute Gasteiger partial charge is 0.239 e. The van der Waals surface area contributed by atoms with Crippen molar-refractivity contribution in [2.24, 2.45) is 0 Å². The van der Waals surface area contributed by atoms with Crippen molar-refractivity contribution in [2.45, 2.75) is 19.5 Å². The SMILES string of the molecule is C[C@@H](C(=O)N1CCN(c2ccccc2)CC1)N(C)Cc1ccc(Cl)s1. The Bertz CT molecular complexity index is 698. The molecular formula is C19H24ClN3OS. The van der Waals surface area contributed by atoms with Crippen LogP contribution in [0.5, 0.6) is 0 Å². The summed E-state index contributed by atoms with van der Waals surface area (Å²) in [4.78, 5) is 20.4. The summed E-state index contributed by atoms with van der Waals surface area (Å²) >= 11 is 7.56. The molecule has 1 aromatic carbocycles. The zero-order valence-electron chi connectivity index (χ0n) is 14.7. The first kappa shape index (κ1) is 18.2. The molecule has 0 radical (unpaired) electrons. The number of amides is 1. The van der Waals surface area contributed by atoms with Gasteiger partial charge in [0.15, 0.2) is 0 Å². The Morgan fingerprint density at radius 2 is 1.84 bits per heavy atom. The summed E-state index contributed by atoms with van der Waals surface area (Å²) in [6, 6.07) is 14.2. The van der Waals surface area contributed by atoms with Gasteiger partial charge >= 0.3 is 0 Å². The van der Waals surface area contributed by atoms with E-state index in [2.05, 4.69) is 34.1 Å². The van der Waals surface area contributed by atoms with Crippen molar-refractivity contribution >= 4 is 34.5 Å². The van der Waals surface area contributed by atoms with Crippen LogP contribution in [0.2, 0.25) is 4.34 Å². The molecule has 1 aliphatic rings. The topological polar surface area (TPSA) is 26.8 Å². The number of benzene rings is 1. The Morgan fingerprint density at radius 3 is 2.44 bits per heavy atom. The molecule has 134 valence electrons. The number of nitrogens with zero attached hydrogens (tertiary/aromatic N) is 3. The van der Waals surface area contributed by atoms with Crippen LogP contribution in [0.25, 0.3) is 0 Å². The molecule has 3 rings (SSSR count). The average Bonchev–Trinajstić information content (AvgIpc) is 3.06. The number of rotatable bonds is 5. The van der Waals surface area contributed by atoms with Crippen molar-refractivity contribution in [3.63, 3.8) is 0 Å². The van der Waals surface area contributed by atoms with Crippen molar-refractivity contribution in [1.29, 1.82) is 0 Å². The summed E-state index contributed by atoms with van der Waals surface area (Å²) in [5, 5.41) is 0. The average molecular weight is 378 g/mol. The fraction of sp³-hybridized carbons (Fsp3) is 0.421. The van der Waals surface area contributed by atoms with Crippen LogP contribution in [0, 0.1) is 0 Å². The molecule has 1 saturated heterocycles. The second kappa shape index (κ2) is 8.21. The van der Waals surface area contributed by atoms with E-state index >= 15 is 0 Å². The van der Waals surface area contributed by atoms with E-state index in [0.29, 0.717) is 0 Å².